The molecule has 2 aromatic heterocycles. The Labute approximate surface area is 135 Å². The van der Waals surface area contributed by atoms with Gasteiger partial charge in [0.25, 0.3) is 5.91 Å². The molecule has 1 aliphatic rings. The van der Waals surface area contributed by atoms with Gasteiger partial charge in [-0.2, -0.15) is 5.10 Å². The molecule has 6 nitrogen and oxygen atoms in total. The largest absolute Gasteiger partial charge is 0.444 e. The number of carbonyl (C=O) groups excluding carboxylic acids is 2. The molecule has 1 atom stereocenters. The first kappa shape index (κ1) is 13.7. The summed E-state index contributed by atoms with van der Waals surface area (Å²) in [6.07, 6.45) is -0.944. The van der Waals surface area contributed by atoms with Crippen LogP contribution in [0, 0.1) is 0 Å². The molecule has 0 saturated carbocycles. The van der Waals surface area contributed by atoms with E-state index in [1.165, 1.54) is 0 Å². The van der Waals surface area contributed by atoms with Gasteiger partial charge in [0.15, 0.2) is 5.82 Å². The minimum Gasteiger partial charge on any atom is -0.444 e. The number of hydrogen-bond donors (Lipinski definition) is 2. The van der Waals surface area contributed by atoms with E-state index >= 15 is 0 Å². The van der Waals surface area contributed by atoms with Crippen LogP contribution in [-0.2, 0) is 9.53 Å². The van der Waals surface area contributed by atoms with Gasteiger partial charge in [-0.3, -0.25) is 9.89 Å². The average Bonchev–Trinajstić information content (AvgIpc) is 3.27. The lowest BCUT2D eigenvalue weighted by atomic mass is 10.1. The molecule has 0 aliphatic carbocycles. The molecule has 0 saturated heterocycles. The van der Waals surface area contributed by atoms with Crippen LogP contribution in [-0.4, -0.2) is 22.1 Å². The first-order valence-corrected chi connectivity index (χ1v) is 7.80. The number of amides is 1. The molecule has 1 amide bonds. The molecule has 2 N–H and O–H groups in total. The fourth-order valence-electron chi connectivity index (χ4n) is 2.48. The number of cyclic esters (lactones) is 1. The highest BCUT2D eigenvalue weighted by Gasteiger charge is 2.36. The number of nitrogens with one attached hydrogen (secondary N) is 2. The summed E-state index contributed by atoms with van der Waals surface area (Å²) in [6, 6.07) is 12.5. The second-order valence-electron chi connectivity index (χ2n) is 5.01. The Morgan fingerprint density at radius 1 is 1.26 bits per heavy atom. The summed E-state index contributed by atoms with van der Waals surface area (Å²) in [5.74, 6) is -0.520. The summed E-state index contributed by atoms with van der Waals surface area (Å²) < 4.78 is 5.16. The molecule has 0 fully saturated rings. The smallest absolute Gasteiger partial charge is 0.339 e. The molecule has 3 aromatic rings. The average molecular weight is 325 g/mol. The summed E-state index contributed by atoms with van der Waals surface area (Å²) >= 11 is 1.57. The topological polar surface area (TPSA) is 84.1 Å². The van der Waals surface area contributed by atoms with Crippen LogP contribution in [0.3, 0.4) is 0 Å². The molecule has 114 valence electrons. The van der Waals surface area contributed by atoms with Crippen molar-refractivity contribution in [3.63, 3.8) is 0 Å². The third kappa shape index (κ3) is 2.40. The predicted octanol–water partition coefficient (Wildman–Crippen LogP) is 2.99. The number of carbonyl (C=O) groups is 2. The molecule has 0 spiro atoms. The van der Waals surface area contributed by atoms with E-state index in [1.54, 1.807) is 41.7 Å². The van der Waals surface area contributed by atoms with Crippen LogP contribution >= 0.6 is 11.3 Å². The van der Waals surface area contributed by atoms with Crippen molar-refractivity contribution in [1.29, 1.82) is 0 Å². The van der Waals surface area contributed by atoms with Gasteiger partial charge in [0.2, 0.25) is 6.10 Å². The number of hydrogen-bond acceptors (Lipinski definition) is 5. The highest BCUT2D eigenvalue weighted by Crippen LogP contribution is 2.31. The SMILES string of the molecule is O=C1OC(C(=O)Nc2cc(-c3cccs3)[nH]n2)c2ccccc21. The number of ether oxygens (including phenoxy) is 1. The zero-order chi connectivity index (χ0) is 15.8. The maximum Gasteiger partial charge on any atom is 0.339 e. The fourth-order valence-corrected chi connectivity index (χ4v) is 3.17. The van der Waals surface area contributed by atoms with Crippen LogP contribution in [0.15, 0.2) is 47.8 Å². The number of rotatable bonds is 3. The summed E-state index contributed by atoms with van der Waals surface area (Å²) in [6.45, 7) is 0. The Bertz CT molecular complexity index is 886. The van der Waals surface area contributed by atoms with Gasteiger partial charge < -0.3 is 10.1 Å². The Morgan fingerprint density at radius 2 is 2.13 bits per heavy atom. The zero-order valence-corrected chi connectivity index (χ0v) is 12.6. The number of aromatic amines is 1. The molecule has 0 radical (unpaired) electrons. The van der Waals surface area contributed by atoms with Crippen molar-refractivity contribution in [2.24, 2.45) is 0 Å². The van der Waals surface area contributed by atoms with E-state index in [4.69, 9.17) is 4.74 Å². The highest BCUT2D eigenvalue weighted by atomic mass is 32.1. The molecule has 1 unspecified atom stereocenters. The summed E-state index contributed by atoms with van der Waals surface area (Å²) in [5.41, 5.74) is 1.82. The molecule has 7 heteroatoms. The summed E-state index contributed by atoms with van der Waals surface area (Å²) in [5, 5.41) is 11.6. The van der Waals surface area contributed by atoms with Crippen LogP contribution in [0.1, 0.15) is 22.0 Å². The number of esters is 1. The van der Waals surface area contributed by atoms with Crippen LogP contribution < -0.4 is 5.32 Å². The van der Waals surface area contributed by atoms with Gasteiger partial charge in [0, 0.05) is 11.6 Å². The number of fused-ring (bicyclic) bond motifs is 1. The highest BCUT2D eigenvalue weighted by molar-refractivity contribution is 7.13. The van der Waals surface area contributed by atoms with Crippen molar-refractivity contribution >= 4 is 29.0 Å². The number of H-pyrrole nitrogens is 1. The Hall–Kier alpha value is -2.93. The molecule has 0 bridgehead atoms. The summed E-state index contributed by atoms with van der Waals surface area (Å²) in [4.78, 5) is 25.2. The number of anilines is 1. The molecule has 1 aliphatic heterocycles. The van der Waals surface area contributed by atoms with E-state index in [2.05, 4.69) is 15.5 Å². The van der Waals surface area contributed by atoms with Crippen LogP contribution in [0.4, 0.5) is 5.82 Å². The van der Waals surface area contributed by atoms with E-state index in [1.807, 2.05) is 17.5 Å². The Kier molecular flexibility index (Phi) is 3.20. The van der Waals surface area contributed by atoms with Gasteiger partial charge in [-0.25, -0.2) is 4.79 Å². The molecule has 4 rings (SSSR count). The van der Waals surface area contributed by atoms with Crippen molar-refractivity contribution in [3.8, 4) is 10.6 Å². The monoisotopic (exact) mass is 325 g/mol. The van der Waals surface area contributed by atoms with E-state index in [-0.39, 0.29) is 0 Å². The lowest BCUT2D eigenvalue weighted by molar-refractivity contribution is -0.124. The maximum atomic E-state index is 12.4. The van der Waals surface area contributed by atoms with Crippen LogP contribution in [0.25, 0.3) is 10.6 Å². The second kappa shape index (κ2) is 5.36. The number of aromatic nitrogens is 2. The van der Waals surface area contributed by atoms with Gasteiger partial charge in [-0.05, 0) is 17.5 Å². The predicted molar refractivity (Wildman–Crippen MR) is 85.1 cm³/mol. The minimum atomic E-state index is -0.944. The lowest BCUT2D eigenvalue weighted by Crippen LogP contribution is -2.21. The van der Waals surface area contributed by atoms with Crippen molar-refractivity contribution in [2.75, 3.05) is 5.32 Å². The maximum absolute atomic E-state index is 12.4. The number of benzene rings is 1. The van der Waals surface area contributed by atoms with E-state index < -0.39 is 18.0 Å². The quantitative estimate of drug-likeness (QED) is 0.725. The Balaban J connectivity index is 1.54. The van der Waals surface area contributed by atoms with Crippen molar-refractivity contribution in [2.45, 2.75) is 6.10 Å². The van der Waals surface area contributed by atoms with Gasteiger partial charge in [0.05, 0.1) is 16.1 Å². The minimum absolute atomic E-state index is 0.388. The van der Waals surface area contributed by atoms with Gasteiger partial charge in [0.1, 0.15) is 0 Å². The summed E-state index contributed by atoms with van der Waals surface area (Å²) in [7, 11) is 0. The fraction of sp³-hybridized carbons (Fsp3) is 0.0625. The van der Waals surface area contributed by atoms with Crippen molar-refractivity contribution < 1.29 is 14.3 Å². The van der Waals surface area contributed by atoms with Gasteiger partial charge in [-0.1, -0.05) is 24.3 Å². The molecule has 3 heterocycles. The van der Waals surface area contributed by atoms with Crippen molar-refractivity contribution in [3.05, 3.63) is 59.0 Å². The normalized spacial score (nSPS) is 16.0. The van der Waals surface area contributed by atoms with Crippen molar-refractivity contribution in [1.82, 2.24) is 10.2 Å². The van der Waals surface area contributed by atoms with Gasteiger partial charge >= 0.3 is 5.97 Å². The first-order valence-electron chi connectivity index (χ1n) is 6.92. The third-order valence-corrected chi connectivity index (χ3v) is 4.45. The van der Waals surface area contributed by atoms with Crippen LogP contribution in [0.5, 0.6) is 0 Å². The Morgan fingerprint density at radius 3 is 2.96 bits per heavy atom. The second-order valence-corrected chi connectivity index (χ2v) is 5.95. The standard InChI is InChI=1S/C16H11N3O3S/c20-15(14-9-4-1-2-5-10(9)16(21)22-14)17-13-8-11(18-19-13)12-6-3-7-23-12/h1-8,14H,(H2,17,18,19,20). The first-order chi connectivity index (χ1) is 11.2. The zero-order valence-electron chi connectivity index (χ0n) is 11.8. The van der Waals surface area contributed by atoms with Crippen LogP contribution in [0.2, 0.25) is 0 Å². The number of nitrogens with zero attached hydrogens (tertiary/aromatic N) is 1. The molecule has 1 aromatic carbocycles. The van der Waals surface area contributed by atoms with Gasteiger partial charge in [-0.15, -0.1) is 11.3 Å². The molecular weight excluding hydrogens is 314 g/mol. The lowest BCUT2D eigenvalue weighted by Gasteiger charge is -2.09. The number of thiophene rings is 1. The van der Waals surface area contributed by atoms with E-state index in [9.17, 15) is 9.59 Å². The third-order valence-electron chi connectivity index (χ3n) is 3.54. The molecule has 23 heavy (non-hydrogen) atoms. The molecular formula is C16H11N3O3S. The van der Waals surface area contributed by atoms with E-state index in [0.29, 0.717) is 16.9 Å². The van der Waals surface area contributed by atoms with E-state index in [0.717, 1.165) is 10.6 Å².